The molecule has 0 bridgehead atoms. The molecular weight excluding hydrogens is 220 g/mol. The molecule has 2 rings (SSSR count). The van der Waals surface area contributed by atoms with Crippen molar-refractivity contribution in [2.45, 2.75) is 19.4 Å². The van der Waals surface area contributed by atoms with Crippen LogP contribution in [0, 0.1) is 0 Å². The van der Waals surface area contributed by atoms with E-state index < -0.39 is 0 Å². The van der Waals surface area contributed by atoms with Crippen LogP contribution in [-0.2, 0) is 0 Å². The van der Waals surface area contributed by atoms with Crippen LogP contribution in [0.1, 0.15) is 13.3 Å². The lowest BCUT2D eigenvalue weighted by molar-refractivity contribution is 0.183. The van der Waals surface area contributed by atoms with E-state index in [9.17, 15) is 4.79 Å². The summed E-state index contributed by atoms with van der Waals surface area (Å²) in [4.78, 5) is 21.3. The number of carbonyl (C=O) groups excluding carboxylic acids is 1. The Balaban J connectivity index is 1.84. The Labute approximate surface area is 100 Å². The van der Waals surface area contributed by atoms with E-state index in [-0.39, 0.29) is 12.1 Å². The van der Waals surface area contributed by atoms with Crippen molar-refractivity contribution in [3.8, 4) is 5.88 Å². The van der Waals surface area contributed by atoms with Gasteiger partial charge in [-0.3, -0.25) is 4.98 Å². The lowest BCUT2D eigenvalue weighted by Crippen LogP contribution is -2.39. The summed E-state index contributed by atoms with van der Waals surface area (Å²) in [6.45, 7) is 3.87. The van der Waals surface area contributed by atoms with E-state index in [0.717, 1.165) is 13.0 Å². The largest absolute Gasteiger partial charge is 0.471 e. The minimum atomic E-state index is -0.0299. The zero-order valence-corrected chi connectivity index (χ0v) is 9.80. The molecule has 0 aromatic carbocycles. The molecule has 1 aliphatic heterocycles. The molecule has 1 unspecified atom stereocenters. The van der Waals surface area contributed by atoms with Crippen LogP contribution < -0.4 is 10.1 Å². The molecule has 0 aliphatic carbocycles. The van der Waals surface area contributed by atoms with Gasteiger partial charge in [-0.25, -0.2) is 9.78 Å². The van der Waals surface area contributed by atoms with Crippen LogP contribution in [0.25, 0.3) is 0 Å². The van der Waals surface area contributed by atoms with Crippen molar-refractivity contribution >= 4 is 6.03 Å². The van der Waals surface area contributed by atoms with Gasteiger partial charge in [-0.05, 0) is 6.92 Å². The number of hydrogen-bond acceptors (Lipinski definition) is 4. The predicted molar refractivity (Wildman–Crippen MR) is 61.7 cm³/mol. The Bertz CT molecular complexity index is 371. The molecule has 1 N–H and O–H groups in total. The van der Waals surface area contributed by atoms with Gasteiger partial charge in [-0.2, -0.15) is 0 Å². The average molecular weight is 236 g/mol. The fourth-order valence-corrected chi connectivity index (χ4v) is 1.79. The molecule has 1 fully saturated rings. The van der Waals surface area contributed by atoms with Crippen LogP contribution >= 0.6 is 0 Å². The van der Waals surface area contributed by atoms with Crippen molar-refractivity contribution in [3.05, 3.63) is 18.6 Å². The van der Waals surface area contributed by atoms with E-state index in [2.05, 4.69) is 15.3 Å². The Hall–Kier alpha value is -1.85. The van der Waals surface area contributed by atoms with Gasteiger partial charge in [0.05, 0.1) is 12.7 Å². The number of nitrogens with one attached hydrogen (secondary N) is 1. The van der Waals surface area contributed by atoms with Crippen molar-refractivity contribution in [1.29, 1.82) is 0 Å². The first-order chi connectivity index (χ1) is 8.29. The fourth-order valence-electron chi connectivity index (χ4n) is 1.79. The molecule has 1 aliphatic rings. The van der Waals surface area contributed by atoms with Crippen molar-refractivity contribution in [2.24, 2.45) is 0 Å². The second kappa shape index (κ2) is 5.47. The second-order valence-electron chi connectivity index (χ2n) is 3.85. The zero-order valence-electron chi connectivity index (χ0n) is 9.80. The highest BCUT2D eigenvalue weighted by Crippen LogP contribution is 2.15. The van der Waals surface area contributed by atoms with Gasteiger partial charge in [-0.15, -0.1) is 0 Å². The molecule has 0 spiro atoms. The Morgan fingerprint density at radius 3 is 3.24 bits per heavy atom. The van der Waals surface area contributed by atoms with Crippen molar-refractivity contribution < 1.29 is 9.53 Å². The number of carbonyl (C=O) groups is 1. The standard InChI is InChI=1S/C11H16N4O2/c1-2-13-11(16)15-6-3-9(8-15)17-10-7-12-4-5-14-10/h4-5,7,9H,2-3,6,8H2,1H3,(H,13,16). The van der Waals surface area contributed by atoms with E-state index in [1.807, 2.05) is 6.92 Å². The fraction of sp³-hybridized carbons (Fsp3) is 0.545. The van der Waals surface area contributed by atoms with Crippen LogP contribution in [0.5, 0.6) is 5.88 Å². The number of amides is 2. The van der Waals surface area contributed by atoms with Crippen LogP contribution in [0.4, 0.5) is 4.79 Å². The molecule has 6 nitrogen and oxygen atoms in total. The number of urea groups is 1. The monoisotopic (exact) mass is 236 g/mol. The summed E-state index contributed by atoms with van der Waals surface area (Å²) in [6.07, 6.45) is 5.60. The van der Waals surface area contributed by atoms with Gasteiger partial charge in [0.25, 0.3) is 0 Å². The normalized spacial score (nSPS) is 19.1. The number of likely N-dealkylation sites (tertiary alicyclic amines) is 1. The van der Waals surface area contributed by atoms with Gasteiger partial charge in [0.1, 0.15) is 6.10 Å². The van der Waals surface area contributed by atoms with Gasteiger partial charge in [0.15, 0.2) is 0 Å². The van der Waals surface area contributed by atoms with Crippen molar-refractivity contribution in [2.75, 3.05) is 19.6 Å². The molecular formula is C11H16N4O2. The second-order valence-corrected chi connectivity index (χ2v) is 3.85. The number of hydrogen-bond donors (Lipinski definition) is 1. The maximum atomic E-state index is 11.6. The maximum absolute atomic E-state index is 11.6. The summed E-state index contributed by atoms with van der Waals surface area (Å²) in [5.41, 5.74) is 0. The Kier molecular flexibility index (Phi) is 3.74. The molecule has 2 heterocycles. The number of ether oxygens (including phenoxy) is 1. The predicted octanol–water partition coefficient (Wildman–Crippen LogP) is 0.659. The quantitative estimate of drug-likeness (QED) is 0.837. The highest BCUT2D eigenvalue weighted by molar-refractivity contribution is 5.74. The average Bonchev–Trinajstić information content (AvgIpc) is 2.79. The smallest absolute Gasteiger partial charge is 0.317 e. The molecule has 92 valence electrons. The molecule has 2 amide bonds. The van der Waals surface area contributed by atoms with E-state index in [4.69, 9.17) is 4.74 Å². The summed E-state index contributed by atoms with van der Waals surface area (Å²) in [7, 11) is 0. The summed E-state index contributed by atoms with van der Waals surface area (Å²) in [6, 6.07) is -0.0299. The number of nitrogens with zero attached hydrogens (tertiary/aromatic N) is 3. The molecule has 1 saturated heterocycles. The van der Waals surface area contributed by atoms with Crippen molar-refractivity contribution in [1.82, 2.24) is 20.2 Å². The molecule has 6 heteroatoms. The molecule has 0 radical (unpaired) electrons. The van der Waals surface area contributed by atoms with Crippen LogP contribution in [0.3, 0.4) is 0 Å². The zero-order chi connectivity index (χ0) is 12.1. The minimum Gasteiger partial charge on any atom is -0.471 e. The SMILES string of the molecule is CCNC(=O)N1CCC(Oc2cnccn2)C1. The number of aromatic nitrogens is 2. The van der Waals surface area contributed by atoms with Gasteiger partial charge in [-0.1, -0.05) is 0 Å². The molecule has 1 aromatic rings. The summed E-state index contributed by atoms with van der Waals surface area (Å²) in [5.74, 6) is 0.509. The van der Waals surface area contributed by atoms with Crippen LogP contribution in [-0.4, -0.2) is 46.6 Å². The molecule has 1 aromatic heterocycles. The lowest BCUT2D eigenvalue weighted by atomic mass is 10.3. The third kappa shape index (κ3) is 3.05. The Morgan fingerprint density at radius 2 is 2.53 bits per heavy atom. The van der Waals surface area contributed by atoms with Gasteiger partial charge < -0.3 is 15.0 Å². The third-order valence-electron chi connectivity index (χ3n) is 2.59. The summed E-state index contributed by atoms with van der Waals surface area (Å²) in [5, 5.41) is 2.78. The van der Waals surface area contributed by atoms with Crippen LogP contribution in [0.15, 0.2) is 18.6 Å². The molecule has 0 saturated carbocycles. The third-order valence-corrected chi connectivity index (χ3v) is 2.59. The first kappa shape index (κ1) is 11.6. The van der Waals surface area contributed by atoms with E-state index >= 15 is 0 Å². The first-order valence-electron chi connectivity index (χ1n) is 5.75. The Morgan fingerprint density at radius 1 is 1.65 bits per heavy atom. The van der Waals surface area contributed by atoms with E-state index in [0.29, 0.717) is 19.0 Å². The number of rotatable bonds is 3. The summed E-state index contributed by atoms with van der Waals surface area (Å²) < 4.78 is 5.64. The first-order valence-corrected chi connectivity index (χ1v) is 5.75. The van der Waals surface area contributed by atoms with Crippen molar-refractivity contribution in [3.63, 3.8) is 0 Å². The maximum Gasteiger partial charge on any atom is 0.317 e. The lowest BCUT2D eigenvalue weighted by Gasteiger charge is -2.16. The highest BCUT2D eigenvalue weighted by Gasteiger charge is 2.27. The van der Waals surface area contributed by atoms with E-state index in [1.54, 1.807) is 23.5 Å². The molecule has 17 heavy (non-hydrogen) atoms. The minimum absolute atomic E-state index is 0.00862. The topological polar surface area (TPSA) is 67.4 Å². The van der Waals surface area contributed by atoms with E-state index in [1.165, 1.54) is 0 Å². The van der Waals surface area contributed by atoms with Gasteiger partial charge >= 0.3 is 6.03 Å². The summed E-state index contributed by atoms with van der Waals surface area (Å²) >= 11 is 0. The van der Waals surface area contributed by atoms with Gasteiger partial charge in [0, 0.05) is 31.9 Å². The van der Waals surface area contributed by atoms with Crippen LogP contribution in [0.2, 0.25) is 0 Å². The van der Waals surface area contributed by atoms with Gasteiger partial charge in [0.2, 0.25) is 5.88 Å². The highest BCUT2D eigenvalue weighted by atomic mass is 16.5. The molecule has 1 atom stereocenters.